The van der Waals surface area contributed by atoms with Crippen LogP contribution in [0.2, 0.25) is 0 Å². The van der Waals surface area contributed by atoms with Gasteiger partial charge >= 0.3 is 0 Å². The van der Waals surface area contributed by atoms with E-state index in [1.54, 1.807) is 13.0 Å². The Balaban J connectivity index is 3.10. The van der Waals surface area contributed by atoms with Crippen LogP contribution >= 0.6 is 22.6 Å². The topological polar surface area (TPSA) is 83.7 Å². The second-order valence-corrected chi connectivity index (χ2v) is 4.69. The fourth-order valence-corrected chi connectivity index (χ4v) is 2.05. The molecule has 0 saturated heterocycles. The maximum absolute atomic E-state index is 12.1. The number of benzene rings is 1. The van der Waals surface area contributed by atoms with Crippen molar-refractivity contribution in [2.24, 2.45) is 0 Å². The van der Waals surface area contributed by atoms with Gasteiger partial charge in [0.2, 0.25) is 0 Å². The standard InChI is InChI=1S/C11H13IN2O4/c1-2-13(5-6-15)11(16)9-7-8(14(17)18)3-4-10(9)12/h3-4,7,15H,2,5-6H2,1H3. The number of nitrogens with zero attached hydrogens (tertiary/aromatic N) is 2. The molecule has 0 radical (unpaired) electrons. The average Bonchev–Trinajstić information content (AvgIpc) is 2.35. The molecule has 0 saturated carbocycles. The summed E-state index contributed by atoms with van der Waals surface area (Å²) in [5.74, 6) is -0.306. The number of aliphatic hydroxyl groups excluding tert-OH is 1. The van der Waals surface area contributed by atoms with Crippen LogP contribution in [0.1, 0.15) is 17.3 Å². The Bertz CT molecular complexity index is 464. The number of carbonyl (C=O) groups excluding carboxylic acids is 1. The predicted molar refractivity (Wildman–Crippen MR) is 74.5 cm³/mol. The summed E-state index contributed by atoms with van der Waals surface area (Å²) in [7, 11) is 0. The molecule has 1 amide bonds. The van der Waals surface area contributed by atoms with Gasteiger partial charge < -0.3 is 10.0 Å². The number of rotatable bonds is 5. The van der Waals surface area contributed by atoms with Crippen molar-refractivity contribution in [2.45, 2.75) is 6.92 Å². The lowest BCUT2D eigenvalue weighted by molar-refractivity contribution is -0.384. The zero-order chi connectivity index (χ0) is 13.7. The molecule has 0 bridgehead atoms. The van der Waals surface area contributed by atoms with Gasteiger partial charge in [-0.2, -0.15) is 0 Å². The number of likely N-dealkylation sites (N-methyl/N-ethyl adjacent to an activating group) is 1. The molecule has 0 aliphatic carbocycles. The minimum atomic E-state index is -0.533. The fourth-order valence-electron chi connectivity index (χ4n) is 1.49. The van der Waals surface area contributed by atoms with E-state index in [0.717, 1.165) is 0 Å². The number of non-ortho nitro benzene ring substituents is 1. The van der Waals surface area contributed by atoms with Crippen molar-refractivity contribution < 1.29 is 14.8 Å². The van der Waals surface area contributed by atoms with E-state index in [9.17, 15) is 14.9 Å². The van der Waals surface area contributed by atoms with Gasteiger partial charge in [0, 0.05) is 28.8 Å². The predicted octanol–water partition coefficient (Wildman–Crippen LogP) is 1.65. The highest BCUT2D eigenvalue weighted by Crippen LogP contribution is 2.21. The molecule has 0 spiro atoms. The molecule has 0 fully saturated rings. The Morgan fingerprint density at radius 1 is 1.56 bits per heavy atom. The zero-order valence-corrected chi connectivity index (χ0v) is 12.0. The van der Waals surface area contributed by atoms with Gasteiger partial charge in [-0.15, -0.1) is 0 Å². The van der Waals surface area contributed by atoms with E-state index >= 15 is 0 Å². The Kier molecular flexibility index (Phi) is 5.48. The summed E-state index contributed by atoms with van der Waals surface area (Å²) >= 11 is 1.96. The van der Waals surface area contributed by atoms with E-state index in [2.05, 4.69) is 0 Å². The van der Waals surface area contributed by atoms with Gasteiger partial charge in [0.25, 0.3) is 11.6 Å². The first-order valence-corrected chi connectivity index (χ1v) is 6.43. The smallest absolute Gasteiger partial charge is 0.270 e. The van der Waals surface area contributed by atoms with E-state index in [4.69, 9.17) is 5.11 Å². The number of hydrogen-bond donors (Lipinski definition) is 1. The number of amides is 1. The van der Waals surface area contributed by atoms with Crippen molar-refractivity contribution in [3.05, 3.63) is 37.4 Å². The third-order valence-corrected chi connectivity index (χ3v) is 3.37. The van der Waals surface area contributed by atoms with E-state index in [0.29, 0.717) is 15.7 Å². The van der Waals surface area contributed by atoms with Gasteiger partial charge in [0.1, 0.15) is 0 Å². The van der Waals surface area contributed by atoms with Gasteiger partial charge in [0.05, 0.1) is 17.1 Å². The van der Waals surface area contributed by atoms with Crippen LogP contribution in [-0.2, 0) is 0 Å². The van der Waals surface area contributed by atoms with Crippen LogP contribution in [0.4, 0.5) is 5.69 Å². The summed E-state index contributed by atoms with van der Waals surface area (Å²) in [6.07, 6.45) is 0. The van der Waals surface area contributed by atoms with Crippen molar-refractivity contribution in [3.63, 3.8) is 0 Å². The van der Waals surface area contributed by atoms with Crippen LogP contribution in [0.15, 0.2) is 18.2 Å². The normalized spacial score (nSPS) is 10.2. The van der Waals surface area contributed by atoms with Crippen LogP contribution in [0.3, 0.4) is 0 Å². The van der Waals surface area contributed by atoms with Crippen LogP contribution in [0.25, 0.3) is 0 Å². The van der Waals surface area contributed by atoms with Gasteiger partial charge in [-0.05, 0) is 35.6 Å². The fraction of sp³-hybridized carbons (Fsp3) is 0.364. The van der Waals surface area contributed by atoms with Crippen LogP contribution in [0.5, 0.6) is 0 Å². The lowest BCUT2D eigenvalue weighted by atomic mass is 10.1. The third kappa shape index (κ3) is 3.39. The average molecular weight is 364 g/mol. The lowest BCUT2D eigenvalue weighted by Gasteiger charge is -2.20. The maximum atomic E-state index is 12.1. The molecule has 98 valence electrons. The first-order chi connectivity index (χ1) is 8.51. The quantitative estimate of drug-likeness (QED) is 0.489. The zero-order valence-electron chi connectivity index (χ0n) is 9.80. The van der Waals surface area contributed by atoms with Crippen molar-refractivity contribution in [1.29, 1.82) is 0 Å². The number of carbonyl (C=O) groups is 1. The number of halogens is 1. The summed E-state index contributed by atoms with van der Waals surface area (Å²) in [5, 5.41) is 19.6. The molecular formula is C11H13IN2O4. The minimum absolute atomic E-state index is 0.112. The van der Waals surface area contributed by atoms with Gasteiger partial charge in [-0.1, -0.05) is 0 Å². The molecule has 1 rings (SSSR count). The number of hydrogen-bond acceptors (Lipinski definition) is 4. The molecule has 0 aliphatic heterocycles. The SMILES string of the molecule is CCN(CCO)C(=O)c1cc([N+](=O)[O-])ccc1I. The van der Waals surface area contributed by atoms with Crippen molar-refractivity contribution in [1.82, 2.24) is 4.90 Å². The Hall–Kier alpha value is -1.22. The molecular weight excluding hydrogens is 351 g/mol. The number of nitro benzene ring substituents is 1. The summed E-state index contributed by atoms with van der Waals surface area (Å²) in [6, 6.07) is 4.17. The highest BCUT2D eigenvalue weighted by molar-refractivity contribution is 14.1. The Labute approximate surface area is 118 Å². The highest BCUT2D eigenvalue weighted by Gasteiger charge is 2.19. The largest absolute Gasteiger partial charge is 0.395 e. The molecule has 0 aromatic heterocycles. The van der Waals surface area contributed by atoms with Gasteiger partial charge in [0.15, 0.2) is 0 Å². The van der Waals surface area contributed by atoms with E-state index in [-0.39, 0.29) is 24.7 Å². The molecule has 1 N–H and O–H groups in total. The molecule has 0 aliphatic rings. The van der Waals surface area contributed by atoms with Crippen LogP contribution in [0, 0.1) is 13.7 Å². The Morgan fingerprint density at radius 2 is 2.22 bits per heavy atom. The summed E-state index contributed by atoms with van der Waals surface area (Å²) in [5.41, 5.74) is 0.180. The molecule has 0 atom stereocenters. The van der Waals surface area contributed by atoms with Gasteiger partial charge in [-0.3, -0.25) is 14.9 Å². The van der Waals surface area contributed by atoms with Crippen LogP contribution < -0.4 is 0 Å². The molecule has 0 heterocycles. The Morgan fingerprint density at radius 3 is 2.72 bits per heavy atom. The van der Waals surface area contributed by atoms with E-state index in [1.807, 2.05) is 22.6 Å². The summed E-state index contributed by atoms with van der Waals surface area (Å²) in [4.78, 5) is 23.8. The molecule has 1 aromatic rings. The van der Waals surface area contributed by atoms with E-state index in [1.165, 1.54) is 17.0 Å². The second-order valence-electron chi connectivity index (χ2n) is 3.53. The third-order valence-electron chi connectivity index (χ3n) is 2.43. The monoisotopic (exact) mass is 364 g/mol. The summed E-state index contributed by atoms with van der Waals surface area (Å²) in [6.45, 7) is 2.31. The highest BCUT2D eigenvalue weighted by atomic mass is 127. The molecule has 6 nitrogen and oxygen atoms in total. The molecule has 0 unspecified atom stereocenters. The van der Waals surface area contributed by atoms with Crippen molar-refractivity contribution in [2.75, 3.05) is 19.7 Å². The number of nitro groups is 1. The van der Waals surface area contributed by atoms with Gasteiger partial charge in [-0.25, -0.2) is 0 Å². The second kappa shape index (κ2) is 6.64. The molecule has 7 heteroatoms. The van der Waals surface area contributed by atoms with Crippen molar-refractivity contribution in [3.8, 4) is 0 Å². The van der Waals surface area contributed by atoms with E-state index < -0.39 is 4.92 Å². The first-order valence-electron chi connectivity index (χ1n) is 5.35. The molecule has 18 heavy (non-hydrogen) atoms. The lowest BCUT2D eigenvalue weighted by Crippen LogP contribution is -2.33. The van der Waals surface area contributed by atoms with Crippen molar-refractivity contribution >= 4 is 34.2 Å². The van der Waals surface area contributed by atoms with Crippen LogP contribution in [-0.4, -0.2) is 40.5 Å². The molecule has 1 aromatic carbocycles. The maximum Gasteiger partial charge on any atom is 0.270 e. The minimum Gasteiger partial charge on any atom is -0.395 e. The number of aliphatic hydroxyl groups is 1. The summed E-state index contributed by atoms with van der Waals surface area (Å²) < 4.78 is 0.652. The first kappa shape index (κ1) is 14.8.